The first-order chi connectivity index (χ1) is 8.06. The van der Waals surface area contributed by atoms with Gasteiger partial charge in [-0.1, -0.05) is 5.11 Å². The maximum Gasteiger partial charge on any atom is 0.290 e. The second-order valence-electron chi connectivity index (χ2n) is 3.40. The topological polar surface area (TPSA) is 142 Å². The lowest BCUT2D eigenvalue weighted by Crippen LogP contribution is -2.20. The largest absolute Gasteiger partial charge is 0.503 e. The lowest BCUT2D eigenvalue weighted by Gasteiger charge is -2.16. The molecule has 0 amide bonds. The number of aliphatic hydroxyl groups excluding tert-OH is 2. The van der Waals surface area contributed by atoms with Crippen LogP contribution in [0.15, 0.2) is 22.2 Å². The molecule has 0 bridgehead atoms. The van der Waals surface area contributed by atoms with E-state index in [9.17, 15) is 15.0 Å². The molecular formula is C9H12N4O4. The fraction of sp³-hybridized carbons (Fsp3) is 0.444. The molecule has 0 aromatic carbocycles. The number of aromatic amines is 1. The number of aromatic hydroxyl groups is 1. The molecule has 0 aliphatic heterocycles. The number of aliphatic hydroxyl groups is 2. The van der Waals surface area contributed by atoms with Crippen LogP contribution in [0.4, 0.5) is 0 Å². The number of pyridine rings is 1. The Hall–Kier alpha value is -2.02. The molecule has 4 N–H and O–H groups in total. The molecular weight excluding hydrogens is 228 g/mol. The van der Waals surface area contributed by atoms with E-state index in [0.29, 0.717) is 0 Å². The van der Waals surface area contributed by atoms with Crippen molar-refractivity contribution in [3.8, 4) is 5.75 Å². The Morgan fingerprint density at radius 1 is 1.53 bits per heavy atom. The van der Waals surface area contributed by atoms with E-state index >= 15 is 0 Å². The highest BCUT2D eigenvalue weighted by Gasteiger charge is 2.18. The Labute approximate surface area is 95.8 Å². The highest BCUT2D eigenvalue weighted by atomic mass is 16.3. The third-order valence-corrected chi connectivity index (χ3v) is 2.20. The molecule has 2 unspecified atom stereocenters. The maximum atomic E-state index is 10.9. The molecule has 0 saturated carbocycles. The molecule has 8 heteroatoms. The Morgan fingerprint density at radius 2 is 2.24 bits per heavy atom. The van der Waals surface area contributed by atoms with Crippen molar-refractivity contribution in [2.45, 2.75) is 18.6 Å². The van der Waals surface area contributed by atoms with E-state index in [1.54, 1.807) is 0 Å². The van der Waals surface area contributed by atoms with Crippen LogP contribution in [0, 0.1) is 0 Å². The van der Waals surface area contributed by atoms with Crippen LogP contribution in [0.2, 0.25) is 0 Å². The van der Waals surface area contributed by atoms with Gasteiger partial charge in [0.2, 0.25) is 0 Å². The Kier molecular flexibility index (Phi) is 4.53. The van der Waals surface area contributed by atoms with Gasteiger partial charge in [0, 0.05) is 23.2 Å². The van der Waals surface area contributed by atoms with Crippen LogP contribution in [-0.2, 0) is 0 Å². The molecule has 0 spiro atoms. The van der Waals surface area contributed by atoms with Crippen LogP contribution in [0.25, 0.3) is 10.4 Å². The average Bonchev–Trinajstić information content (AvgIpc) is 2.32. The molecule has 1 aromatic rings. The van der Waals surface area contributed by atoms with Crippen molar-refractivity contribution >= 4 is 0 Å². The van der Waals surface area contributed by atoms with Crippen LogP contribution in [-0.4, -0.2) is 33.0 Å². The van der Waals surface area contributed by atoms with Gasteiger partial charge < -0.3 is 20.3 Å². The summed E-state index contributed by atoms with van der Waals surface area (Å²) in [4.78, 5) is 15.6. The minimum absolute atomic E-state index is 0.0457. The van der Waals surface area contributed by atoms with Crippen molar-refractivity contribution in [2.75, 3.05) is 6.54 Å². The summed E-state index contributed by atoms with van der Waals surface area (Å²) in [5.41, 5.74) is 7.54. The molecule has 1 heterocycles. The minimum Gasteiger partial charge on any atom is -0.503 e. The van der Waals surface area contributed by atoms with E-state index in [1.807, 2.05) is 0 Å². The summed E-state index contributed by atoms with van der Waals surface area (Å²) in [5.74, 6) is -0.538. The van der Waals surface area contributed by atoms with E-state index in [-0.39, 0.29) is 18.5 Å². The predicted molar refractivity (Wildman–Crippen MR) is 58.3 cm³/mol. The summed E-state index contributed by atoms with van der Waals surface area (Å²) in [5, 5.41) is 31.6. The molecule has 2 atom stereocenters. The van der Waals surface area contributed by atoms with Gasteiger partial charge in [0.1, 0.15) is 6.10 Å². The van der Waals surface area contributed by atoms with E-state index in [4.69, 9.17) is 10.6 Å². The molecule has 92 valence electrons. The number of azide groups is 1. The summed E-state index contributed by atoms with van der Waals surface area (Å²) in [6, 6.07) is 1.07. The number of hydrogen-bond donors (Lipinski definition) is 4. The number of nitrogens with zero attached hydrogens (tertiary/aromatic N) is 3. The normalized spacial score (nSPS) is 13.8. The smallest absolute Gasteiger partial charge is 0.290 e. The van der Waals surface area contributed by atoms with Gasteiger partial charge in [0.15, 0.2) is 5.75 Å². The Morgan fingerprint density at radius 3 is 2.82 bits per heavy atom. The van der Waals surface area contributed by atoms with E-state index in [1.165, 1.54) is 6.20 Å². The third-order valence-electron chi connectivity index (χ3n) is 2.20. The van der Waals surface area contributed by atoms with E-state index < -0.39 is 23.5 Å². The third kappa shape index (κ3) is 3.49. The molecule has 17 heavy (non-hydrogen) atoms. The lowest BCUT2D eigenvalue weighted by molar-refractivity contribution is 0.0147. The van der Waals surface area contributed by atoms with Gasteiger partial charge in [-0.3, -0.25) is 4.79 Å². The number of rotatable bonds is 5. The molecule has 1 aromatic heterocycles. The Balaban J connectivity index is 2.73. The quantitative estimate of drug-likeness (QED) is 0.330. The minimum atomic E-state index is -1.27. The molecule has 8 nitrogen and oxygen atoms in total. The zero-order valence-corrected chi connectivity index (χ0v) is 8.82. The zero-order valence-electron chi connectivity index (χ0n) is 8.82. The lowest BCUT2D eigenvalue weighted by atomic mass is 10.0. The standard InChI is InChI=1S/C9H12N4O4/c10-13-12-2-1-6(14)8(16)5-3-7(15)9(17)11-4-5/h3-4,6,8,14-16H,1-2H2,(H,11,17). The van der Waals surface area contributed by atoms with Gasteiger partial charge in [-0.05, 0) is 18.0 Å². The van der Waals surface area contributed by atoms with Crippen molar-refractivity contribution < 1.29 is 15.3 Å². The fourth-order valence-corrected chi connectivity index (χ4v) is 1.27. The Bertz CT molecular complexity index is 480. The molecule has 0 aliphatic carbocycles. The molecule has 0 fully saturated rings. The highest BCUT2D eigenvalue weighted by molar-refractivity contribution is 5.24. The molecule has 0 radical (unpaired) electrons. The first kappa shape index (κ1) is 13.0. The van der Waals surface area contributed by atoms with Crippen LogP contribution in [0.3, 0.4) is 0 Å². The monoisotopic (exact) mass is 240 g/mol. The van der Waals surface area contributed by atoms with Crippen molar-refractivity contribution in [1.82, 2.24) is 4.98 Å². The molecule has 0 aliphatic rings. The van der Waals surface area contributed by atoms with Crippen LogP contribution < -0.4 is 5.56 Å². The summed E-state index contributed by atoms with van der Waals surface area (Å²) in [6.45, 7) is 0.0457. The fourth-order valence-electron chi connectivity index (χ4n) is 1.27. The van der Waals surface area contributed by atoms with Crippen molar-refractivity contribution in [2.24, 2.45) is 5.11 Å². The average molecular weight is 240 g/mol. The summed E-state index contributed by atoms with van der Waals surface area (Å²) in [7, 11) is 0. The number of aromatic nitrogens is 1. The maximum absolute atomic E-state index is 10.9. The summed E-state index contributed by atoms with van der Waals surface area (Å²) < 4.78 is 0. The van der Waals surface area contributed by atoms with Gasteiger partial charge >= 0.3 is 0 Å². The van der Waals surface area contributed by atoms with Gasteiger partial charge in [-0.25, -0.2) is 0 Å². The van der Waals surface area contributed by atoms with Gasteiger partial charge in [0.05, 0.1) is 6.10 Å². The van der Waals surface area contributed by atoms with Crippen molar-refractivity contribution in [3.63, 3.8) is 0 Å². The summed E-state index contributed by atoms with van der Waals surface area (Å²) in [6.07, 6.45) is -1.15. The predicted octanol–water partition coefficient (Wildman–Crippen LogP) is 0.175. The highest BCUT2D eigenvalue weighted by Crippen LogP contribution is 2.19. The number of H-pyrrole nitrogens is 1. The molecule has 0 saturated heterocycles. The first-order valence-corrected chi connectivity index (χ1v) is 4.85. The number of hydrogen-bond acceptors (Lipinski definition) is 5. The molecule has 1 rings (SSSR count). The first-order valence-electron chi connectivity index (χ1n) is 4.85. The van der Waals surface area contributed by atoms with Gasteiger partial charge in [-0.2, -0.15) is 0 Å². The zero-order chi connectivity index (χ0) is 12.8. The van der Waals surface area contributed by atoms with Gasteiger partial charge in [0.25, 0.3) is 5.56 Å². The van der Waals surface area contributed by atoms with Crippen LogP contribution in [0.1, 0.15) is 18.1 Å². The van der Waals surface area contributed by atoms with Crippen LogP contribution in [0.5, 0.6) is 5.75 Å². The van der Waals surface area contributed by atoms with Crippen molar-refractivity contribution in [1.29, 1.82) is 0 Å². The van der Waals surface area contributed by atoms with E-state index in [0.717, 1.165) is 6.07 Å². The van der Waals surface area contributed by atoms with Crippen LogP contribution >= 0.6 is 0 Å². The second-order valence-corrected chi connectivity index (χ2v) is 3.40. The number of nitrogens with one attached hydrogen (secondary N) is 1. The van der Waals surface area contributed by atoms with E-state index in [2.05, 4.69) is 15.0 Å². The summed E-state index contributed by atoms with van der Waals surface area (Å²) >= 11 is 0. The second kappa shape index (κ2) is 5.90. The SMILES string of the molecule is [N-]=[N+]=NCCC(O)C(O)c1c[nH]c(=O)c(O)c1. The van der Waals surface area contributed by atoms with Crippen molar-refractivity contribution in [3.05, 3.63) is 38.6 Å². The van der Waals surface area contributed by atoms with Gasteiger partial charge in [-0.15, -0.1) is 0 Å².